The summed E-state index contributed by atoms with van der Waals surface area (Å²) in [4.78, 5) is 12.0. The number of halogens is 2. The monoisotopic (exact) mass is 249 g/mol. The Morgan fingerprint density at radius 1 is 1.33 bits per heavy atom. The minimum atomic E-state index is 0.0830. The van der Waals surface area contributed by atoms with E-state index in [0.717, 1.165) is 0 Å². The first-order valence-corrected chi connectivity index (χ1v) is 5.36. The minimum absolute atomic E-state index is 0.0830. The predicted octanol–water partition coefficient (Wildman–Crippen LogP) is 2.33. The average molecular weight is 250 g/mol. The number of hydrogen-bond acceptors (Lipinski definition) is 5. The lowest BCUT2D eigenvalue weighted by molar-refractivity contribution is 0.797. The lowest BCUT2D eigenvalue weighted by atomic mass is 10.4. The molecule has 0 fully saturated rings. The summed E-state index contributed by atoms with van der Waals surface area (Å²) in [6.07, 6.45) is 0. The Kier molecular flexibility index (Phi) is 4.35. The first kappa shape index (κ1) is 12.3. The second kappa shape index (κ2) is 5.32. The normalized spacial score (nSPS) is 10.5. The van der Waals surface area contributed by atoms with Gasteiger partial charge in [-0.3, -0.25) is 4.42 Å². The van der Waals surface area contributed by atoms with E-state index in [4.69, 9.17) is 23.4 Å². The highest BCUT2D eigenvalue weighted by molar-refractivity contribution is 6.29. The average Bonchev–Trinajstić information content (AvgIpc) is 2.16. The molecule has 1 rings (SSSR count). The number of anilines is 2. The molecule has 0 aromatic carbocycles. The molecule has 0 aliphatic carbocycles. The van der Waals surface area contributed by atoms with Gasteiger partial charge < -0.3 is 5.32 Å². The molecular formula is C8H13Cl2N5. The largest absolute Gasteiger partial charge is 0.354 e. The molecule has 0 spiro atoms. The van der Waals surface area contributed by atoms with E-state index >= 15 is 0 Å². The van der Waals surface area contributed by atoms with Crippen molar-refractivity contribution in [3.63, 3.8) is 0 Å². The van der Waals surface area contributed by atoms with E-state index in [9.17, 15) is 0 Å². The predicted molar refractivity (Wildman–Crippen MR) is 62.5 cm³/mol. The molecule has 1 heterocycles. The van der Waals surface area contributed by atoms with Gasteiger partial charge in [0.25, 0.3) is 0 Å². The van der Waals surface area contributed by atoms with Crippen LogP contribution >= 0.6 is 23.4 Å². The van der Waals surface area contributed by atoms with Crippen LogP contribution in [0.15, 0.2) is 0 Å². The Hall–Kier alpha value is -0.810. The van der Waals surface area contributed by atoms with Gasteiger partial charge in [0, 0.05) is 24.4 Å². The lowest BCUT2D eigenvalue weighted by Crippen LogP contribution is -2.22. The van der Waals surface area contributed by atoms with Crippen LogP contribution in [0.5, 0.6) is 0 Å². The van der Waals surface area contributed by atoms with Crippen molar-refractivity contribution in [1.29, 1.82) is 0 Å². The fraction of sp³-hybridized carbons (Fsp3) is 0.625. The van der Waals surface area contributed by atoms with Crippen molar-refractivity contribution in [2.45, 2.75) is 26.8 Å². The summed E-state index contributed by atoms with van der Waals surface area (Å²) in [7, 11) is 0. The van der Waals surface area contributed by atoms with Crippen LogP contribution in [0.25, 0.3) is 0 Å². The van der Waals surface area contributed by atoms with Crippen molar-refractivity contribution in [3.8, 4) is 0 Å². The van der Waals surface area contributed by atoms with Crippen molar-refractivity contribution in [2.24, 2.45) is 0 Å². The molecule has 0 unspecified atom stereocenters. The molecule has 0 atom stereocenters. The first-order chi connectivity index (χ1) is 7.04. The van der Waals surface area contributed by atoms with Crippen LogP contribution in [-0.2, 0) is 0 Å². The Morgan fingerprint density at radius 3 is 2.53 bits per heavy atom. The quantitative estimate of drug-likeness (QED) is 0.831. The van der Waals surface area contributed by atoms with Gasteiger partial charge >= 0.3 is 0 Å². The molecule has 15 heavy (non-hydrogen) atoms. The molecule has 0 radical (unpaired) electrons. The highest BCUT2D eigenvalue weighted by atomic mass is 35.5. The van der Waals surface area contributed by atoms with E-state index in [1.807, 2.05) is 20.8 Å². The molecule has 1 aromatic rings. The number of aromatic nitrogens is 3. The van der Waals surface area contributed by atoms with Gasteiger partial charge in [0.1, 0.15) is 0 Å². The summed E-state index contributed by atoms with van der Waals surface area (Å²) < 4.78 is 1.41. The third kappa shape index (κ3) is 3.35. The number of hydrogen-bond donors (Lipinski definition) is 1. The van der Waals surface area contributed by atoms with Crippen LogP contribution in [-0.4, -0.2) is 27.5 Å². The zero-order valence-corrected chi connectivity index (χ0v) is 10.3. The molecule has 0 aliphatic rings. The number of nitrogens with one attached hydrogen (secondary N) is 1. The van der Waals surface area contributed by atoms with Gasteiger partial charge in [0.05, 0.1) is 0 Å². The third-order valence-corrected chi connectivity index (χ3v) is 2.29. The molecule has 84 valence electrons. The van der Waals surface area contributed by atoms with Gasteiger partial charge in [-0.2, -0.15) is 15.0 Å². The van der Waals surface area contributed by atoms with E-state index in [2.05, 4.69) is 20.3 Å². The summed E-state index contributed by atoms with van der Waals surface area (Å²) in [6.45, 7) is 6.51. The Bertz CT molecular complexity index is 331. The number of nitrogens with zero attached hydrogens (tertiary/aromatic N) is 4. The molecule has 0 saturated carbocycles. The zero-order valence-electron chi connectivity index (χ0n) is 8.83. The van der Waals surface area contributed by atoms with E-state index in [-0.39, 0.29) is 11.3 Å². The third-order valence-electron chi connectivity index (χ3n) is 1.58. The summed E-state index contributed by atoms with van der Waals surface area (Å²) in [5.74, 6) is 0.779. The van der Waals surface area contributed by atoms with Gasteiger partial charge in [-0.05, 0) is 32.4 Å². The highest BCUT2D eigenvalue weighted by Crippen LogP contribution is 2.17. The van der Waals surface area contributed by atoms with E-state index in [1.54, 1.807) is 0 Å². The van der Waals surface area contributed by atoms with Crippen LogP contribution in [0.2, 0.25) is 5.28 Å². The molecule has 0 bridgehead atoms. The van der Waals surface area contributed by atoms with Gasteiger partial charge in [-0.25, -0.2) is 0 Å². The molecule has 7 heteroatoms. The maximum Gasteiger partial charge on any atom is 0.246 e. The van der Waals surface area contributed by atoms with Crippen molar-refractivity contribution in [1.82, 2.24) is 15.0 Å². The summed E-state index contributed by atoms with van der Waals surface area (Å²) >= 11 is 11.7. The maximum absolute atomic E-state index is 5.98. The molecule has 0 aliphatic heterocycles. The van der Waals surface area contributed by atoms with Gasteiger partial charge in [0.15, 0.2) is 0 Å². The molecule has 5 nitrogen and oxygen atoms in total. The number of rotatable bonds is 4. The smallest absolute Gasteiger partial charge is 0.246 e. The van der Waals surface area contributed by atoms with E-state index < -0.39 is 0 Å². The fourth-order valence-corrected chi connectivity index (χ4v) is 1.13. The second-order valence-corrected chi connectivity index (χ2v) is 3.87. The van der Waals surface area contributed by atoms with Crippen molar-refractivity contribution < 1.29 is 0 Å². The SMILES string of the molecule is CCNc1nc(Cl)nc(N(Cl)C(C)C)n1. The summed E-state index contributed by atoms with van der Waals surface area (Å²) in [5, 5.41) is 3.08. The van der Waals surface area contributed by atoms with Gasteiger partial charge in [-0.15, -0.1) is 0 Å². The molecule has 0 saturated heterocycles. The van der Waals surface area contributed by atoms with Crippen LogP contribution in [0, 0.1) is 0 Å². The van der Waals surface area contributed by atoms with Gasteiger partial charge in [0.2, 0.25) is 17.2 Å². The summed E-state index contributed by atoms with van der Waals surface area (Å²) in [6, 6.07) is 0.0830. The van der Waals surface area contributed by atoms with Crippen molar-refractivity contribution >= 4 is 35.3 Å². The highest BCUT2D eigenvalue weighted by Gasteiger charge is 2.13. The van der Waals surface area contributed by atoms with Crippen molar-refractivity contribution in [3.05, 3.63) is 5.28 Å². The standard InChI is InChI=1S/C8H13Cl2N5/c1-4-11-7-12-6(9)13-8(14-7)15(10)5(2)3/h5H,4H2,1-3H3,(H,11,12,13,14). The molecule has 1 aromatic heterocycles. The van der Waals surface area contributed by atoms with Crippen LogP contribution in [0.3, 0.4) is 0 Å². The lowest BCUT2D eigenvalue weighted by Gasteiger charge is -2.17. The molecular weight excluding hydrogens is 237 g/mol. The van der Waals surface area contributed by atoms with Crippen LogP contribution < -0.4 is 9.74 Å². The summed E-state index contributed by atoms with van der Waals surface area (Å²) in [5.41, 5.74) is 0. The van der Waals surface area contributed by atoms with Crippen LogP contribution in [0.4, 0.5) is 11.9 Å². The fourth-order valence-electron chi connectivity index (χ4n) is 0.903. The topological polar surface area (TPSA) is 53.9 Å². The molecule has 1 N–H and O–H groups in total. The van der Waals surface area contributed by atoms with E-state index in [1.165, 1.54) is 4.42 Å². The van der Waals surface area contributed by atoms with Crippen molar-refractivity contribution in [2.75, 3.05) is 16.3 Å². The van der Waals surface area contributed by atoms with Crippen LogP contribution in [0.1, 0.15) is 20.8 Å². The Labute approximate surface area is 98.9 Å². The van der Waals surface area contributed by atoms with E-state index in [0.29, 0.717) is 18.4 Å². The Balaban J connectivity index is 2.97. The first-order valence-electron chi connectivity index (χ1n) is 4.65. The zero-order chi connectivity index (χ0) is 11.4. The minimum Gasteiger partial charge on any atom is -0.354 e. The maximum atomic E-state index is 5.98. The second-order valence-electron chi connectivity index (χ2n) is 3.16. The molecule has 0 amide bonds. The van der Waals surface area contributed by atoms with Gasteiger partial charge in [-0.1, -0.05) is 0 Å². The Morgan fingerprint density at radius 2 is 2.00 bits per heavy atom.